The number of nitrogens with one attached hydrogen (secondary N) is 1. The zero-order valence-corrected chi connectivity index (χ0v) is 20.5. The molecular weight excluding hydrogens is 456 g/mol. The number of benzene rings is 3. The van der Waals surface area contributed by atoms with Crippen LogP contribution in [0.5, 0.6) is 5.75 Å². The van der Waals surface area contributed by atoms with Crippen LogP contribution in [-0.4, -0.2) is 27.6 Å². The average Bonchev–Trinajstić information content (AvgIpc) is 3.44. The molecule has 0 aliphatic rings. The molecule has 0 aliphatic heterocycles. The lowest BCUT2D eigenvalue weighted by atomic mass is 10.0. The fraction of sp³-hybridized carbons (Fsp3) is 0.107. The summed E-state index contributed by atoms with van der Waals surface area (Å²) >= 11 is 1.49. The molecule has 0 saturated carbocycles. The van der Waals surface area contributed by atoms with Crippen molar-refractivity contribution in [3.63, 3.8) is 0 Å². The molecule has 6 nitrogen and oxygen atoms in total. The van der Waals surface area contributed by atoms with E-state index in [9.17, 15) is 4.79 Å². The molecule has 0 unspecified atom stereocenters. The summed E-state index contributed by atoms with van der Waals surface area (Å²) in [6, 6.07) is 23.4. The number of carbonyl (C=O) groups is 1. The monoisotopic (exact) mass is 480 g/mol. The third kappa shape index (κ3) is 4.72. The van der Waals surface area contributed by atoms with Gasteiger partial charge in [0.15, 0.2) is 0 Å². The highest BCUT2D eigenvalue weighted by atomic mass is 32.1. The minimum Gasteiger partial charge on any atom is -0.497 e. The summed E-state index contributed by atoms with van der Waals surface area (Å²) in [5.41, 5.74) is 6.62. The van der Waals surface area contributed by atoms with Crippen LogP contribution in [0.15, 0.2) is 78.2 Å². The Labute approximate surface area is 207 Å². The first-order chi connectivity index (χ1) is 17.0. The third-order valence-corrected chi connectivity index (χ3v) is 6.54. The highest BCUT2D eigenvalue weighted by molar-refractivity contribution is 7.15. The first-order valence-electron chi connectivity index (χ1n) is 11.2. The van der Waals surface area contributed by atoms with E-state index in [-0.39, 0.29) is 11.9 Å². The van der Waals surface area contributed by atoms with Gasteiger partial charge in [-0.1, -0.05) is 66.2 Å². The van der Waals surface area contributed by atoms with Crippen LogP contribution < -0.4 is 10.1 Å². The molecule has 0 spiro atoms. The fourth-order valence-corrected chi connectivity index (χ4v) is 4.78. The van der Waals surface area contributed by atoms with Crippen LogP contribution in [-0.2, 0) is 4.79 Å². The SMILES string of the molecule is COc1ccc(/C=C(/C(=O)Nc2nc3scc(-c4ccc(C)cc4C)n3n2)c2ccccc2)cc1. The number of hydrogen-bond acceptors (Lipinski definition) is 5. The molecule has 7 heteroatoms. The van der Waals surface area contributed by atoms with Gasteiger partial charge in [-0.15, -0.1) is 16.4 Å². The number of fused-ring (bicyclic) bond motifs is 1. The van der Waals surface area contributed by atoms with Gasteiger partial charge in [-0.2, -0.15) is 4.98 Å². The zero-order chi connectivity index (χ0) is 24.4. The molecule has 1 amide bonds. The van der Waals surface area contributed by atoms with E-state index in [1.54, 1.807) is 11.6 Å². The quantitative estimate of drug-likeness (QED) is 0.230. The summed E-state index contributed by atoms with van der Waals surface area (Å²) in [5.74, 6) is 0.748. The number of aryl methyl sites for hydroxylation is 2. The van der Waals surface area contributed by atoms with Crippen LogP contribution in [0.3, 0.4) is 0 Å². The molecule has 0 atom stereocenters. The molecule has 0 aliphatic carbocycles. The standard InChI is InChI=1S/C28H24N4O2S/c1-18-9-14-23(19(2)15-18)25-17-35-28-30-27(31-32(25)28)29-26(33)24(21-7-5-4-6-8-21)16-20-10-12-22(34-3)13-11-20/h4-17H,1-3H3,(H,29,31,33)/b24-16+. The lowest BCUT2D eigenvalue weighted by Crippen LogP contribution is -2.15. The summed E-state index contributed by atoms with van der Waals surface area (Å²) in [5, 5.41) is 9.53. The number of nitrogens with zero attached hydrogens (tertiary/aromatic N) is 3. The molecule has 5 aromatic rings. The van der Waals surface area contributed by atoms with Crippen LogP contribution in [0.25, 0.3) is 27.9 Å². The number of thiazole rings is 1. The van der Waals surface area contributed by atoms with Gasteiger partial charge in [0.05, 0.1) is 12.8 Å². The van der Waals surface area contributed by atoms with Gasteiger partial charge < -0.3 is 4.74 Å². The van der Waals surface area contributed by atoms with Gasteiger partial charge >= 0.3 is 0 Å². The number of aromatic nitrogens is 3. The first-order valence-corrected chi connectivity index (χ1v) is 12.0. The maximum absolute atomic E-state index is 13.4. The van der Waals surface area contributed by atoms with Crippen molar-refractivity contribution in [3.05, 3.63) is 100 Å². The summed E-state index contributed by atoms with van der Waals surface area (Å²) < 4.78 is 7.03. The van der Waals surface area contributed by atoms with Crippen molar-refractivity contribution in [1.82, 2.24) is 14.6 Å². The van der Waals surface area contributed by atoms with E-state index in [1.165, 1.54) is 22.5 Å². The van der Waals surface area contributed by atoms with Gasteiger partial charge in [-0.3, -0.25) is 10.1 Å². The molecule has 5 rings (SSSR count). The lowest BCUT2D eigenvalue weighted by molar-refractivity contribution is -0.111. The number of hydrogen-bond donors (Lipinski definition) is 1. The molecule has 174 valence electrons. The second-order valence-corrected chi connectivity index (χ2v) is 9.06. The maximum Gasteiger partial charge on any atom is 0.258 e. The van der Waals surface area contributed by atoms with Crippen LogP contribution >= 0.6 is 11.3 Å². The van der Waals surface area contributed by atoms with Crippen molar-refractivity contribution in [1.29, 1.82) is 0 Å². The van der Waals surface area contributed by atoms with E-state index in [0.717, 1.165) is 33.1 Å². The van der Waals surface area contributed by atoms with Crippen molar-refractivity contribution >= 4 is 39.8 Å². The van der Waals surface area contributed by atoms with E-state index in [2.05, 4.69) is 47.4 Å². The maximum atomic E-state index is 13.4. The Morgan fingerprint density at radius 3 is 2.51 bits per heavy atom. The zero-order valence-electron chi connectivity index (χ0n) is 19.6. The summed E-state index contributed by atoms with van der Waals surface area (Å²) in [6.45, 7) is 4.16. The average molecular weight is 481 g/mol. The van der Waals surface area contributed by atoms with E-state index >= 15 is 0 Å². The molecule has 2 heterocycles. The van der Waals surface area contributed by atoms with Gasteiger partial charge in [0, 0.05) is 16.5 Å². The second kappa shape index (κ2) is 9.56. The van der Waals surface area contributed by atoms with Crippen LogP contribution in [0.1, 0.15) is 22.3 Å². The van der Waals surface area contributed by atoms with Crippen molar-refractivity contribution < 1.29 is 9.53 Å². The fourth-order valence-electron chi connectivity index (χ4n) is 3.95. The molecule has 0 bridgehead atoms. The summed E-state index contributed by atoms with van der Waals surface area (Å²) in [4.78, 5) is 18.7. The number of amides is 1. The van der Waals surface area contributed by atoms with Crippen LogP contribution in [0, 0.1) is 13.8 Å². The van der Waals surface area contributed by atoms with Gasteiger partial charge in [0.2, 0.25) is 4.96 Å². The Kier molecular flexibility index (Phi) is 6.16. The molecule has 35 heavy (non-hydrogen) atoms. The van der Waals surface area contributed by atoms with E-state index in [1.807, 2.05) is 66.1 Å². The van der Waals surface area contributed by atoms with Crippen LogP contribution in [0.2, 0.25) is 0 Å². The Bertz CT molecular complexity index is 1530. The Hall–Kier alpha value is -4.23. The predicted octanol–water partition coefficient (Wildman–Crippen LogP) is 6.26. The molecule has 2 aromatic heterocycles. The highest BCUT2D eigenvalue weighted by Gasteiger charge is 2.18. The molecular formula is C28H24N4O2S. The third-order valence-electron chi connectivity index (χ3n) is 5.72. The normalized spacial score (nSPS) is 11.6. The predicted molar refractivity (Wildman–Crippen MR) is 142 cm³/mol. The van der Waals surface area contributed by atoms with Crippen LogP contribution in [0.4, 0.5) is 5.95 Å². The van der Waals surface area contributed by atoms with Gasteiger partial charge in [0.1, 0.15) is 5.75 Å². The topological polar surface area (TPSA) is 68.5 Å². The minimum atomic E-state index is -0.279. The van der Waals surface area contributed by atoms with E-state index in [0.29, 0.717) is 5.57 Å². The Morgan fingerprint density at radius 1 is 1.03 bits per heavy atom. The number of methoxy groups -OCH3 is 1. The molecule has 0 fully saturated rings. The molecule has 0 saturated heterocycles. The highest BCUT2D eigenvalue weighted by Crippen LogP contribution is 2.29. The first kappa shape index (κ1) is 22.6. The molecule has 0 radical (unpaired) electrons. The van der Waals surface area contributed by atoms with Gasteiger partial charge in [-0.25, -0.2) is 4.52 Å². The largest absolute Gasteiger partial charge is 0.497 e. The second-order valence-electron chi connectivity index (χ2n) is 8.22. The summed E-state index contributed by atoms with van der Waals surface area (Å²) in [6.07, 6.45) is 1.85. The number of ether oxygens (including phenoxy) is 1. The summed E-state index contributed by atoms with van der Waals surface area (Å²) in [7, 11) is 1.63. The Morgan fingerprint density at radius 2 is 1.80 bits per heavy atom. The van der Waals surface area contributed by atoms with Crippen molar-refractivity contribution in [3.8, 4) is 17.0 Å². The van der Waals surface area contributed by atoms with Crippen molar-refractivity contribution in [2.24, 2.45) is 0 Å². The molecule has 3 aromatic carbocycles. The minimum absolute atomic E-state index is 0.268. The number of carbonyl (C=O) groups excluding carboxylic acids is 1. The van der Waals surface area contributed by atoms with Crippen molar-refractivity contribution in [2.75, 3.05) is 12.4 Å². The lowest BCUT2D eigenvalue weighted by Gasteiger charge is -2.08. The van der Waals surface area contributed by atoms with Gasteiger partial charge in [0.25, 0.3) is 11.9 Å². The van der Waals surface area contributed by atoms with E-state index in [4.69, 9.17) is 4.74 Å². The smallest absolute Gasteiger partial charge is 0.258 e. The number of rotatable bonds is 6. The van der Waals surface area contributed by atoms with Crippen molar-refractivity contribution in [2.45, 2.75) is 13.8 Å². The van der Waals surface area contributed by atoms with Gasteiger partial charge in [-0.05, 0) is 48.7 Å². The number of anilines is 1. The molecule has 1 N–H and O–H groups in total. The van der Waals surface area contributed by atoms with E-state index < -0.39 is 0 Å². The Balaban J connectivity index is 1.47.